The largest absolute Gasteiger partial charge is 0.487 e. The van der Waals surface area contributed by atoms with Crippen LogP contribution in [0, 0.1) is 11.6 Å². The number of hydrogen-bond donors (Lipinski definition) is 1. The van der Waals surface area contributed by atoms with Gasteiger partial charge in [0.05, 0.1) is 12.5 Å². The predicted molar refractivity (Wildman–Crippen MR) is 104 cm³/mol. The van der Waals surface area contributed by atoms with Crippen LogP contribution in [0.4, 0.5) is 8.78 Å². The number of amides is 2. The maximum atomic E-state index is 13.8. The van der Waals surface area contributed by atoms with Gasteiger partial charge in [-0.15, -0.1) is 0 Å². The van der Waals surface area contributed by atoms with E-state index in [0.717, 1.165) is 17.7 Å². The Hall–Kier alpha value is -2.96. The Labute approximate surface area is 168 Å². The van der Waals surface area contributed by atoms with E-state index in [9.17, 15) is 18.4 Å². The van der Waals surface area contributed by atoms with E-state index in [1.165, 1.54) is 13.0 Å². The van der Waals surface area contributed by atoms with E-state index in [0.29, 0.717) is 25.9 Å². The van der Waals surface area contributed by atoms with Gasteiger partial charge in [-0.25, -0.2) is 8.78 Å². The van der Waals surface area contributed by atoms with Crippen LogP contribution in [0.5, 0.6) is 5.75 Å². The van der Waals surface area contributed by atoms with Crippen molar-refractivity contribution in [3.05, 3.63) is 65.7 Å². The van der Waals surface area contributed by atoms with Crippen LogP contribution in [0.3, 0.4) is 0 Å². The second kappa shape index (κ2) is 9.49. The van der Waals surface area contributed by atoms with Crippen LogP contribution in [0.25, 0.3) is 0 Å². The van der Waals surface area contributed by atoms with E-state index < -0.39 is 11.6 Å². The molecule has 29 heavy (non-hydrogen) atoms. The maximum absolute atomic E-state index is 13.8. The van der Waals surface area contributed by atoms with Gasteiger partial charge in [0.15, 0.2) is 11.6 Å². The number of ether oxygens (including phenoxy) is 1. The van der Waals surface area contributed by atoms with E-state index in [1.54, 1.807) is 4.90 Å². The van der Waals surface area contributed by atoms with E-state index in [2.05, 4.69) is 5.32 Å². The summed E-state index contributed by atoms with van der Waals surface area (Å²) in [6.07, 6.45) is 1.04. The average molecular weight is 402 g/mol. The summed E-state index contributed by atoms with van der Waals surface area (Å²) < 4.78 is 32.4. The number of likely N-dealkylation sites (tertiary alicyclic amines) is 1. The second-order valence-corrected chi connectivity index (χ2v) is 7.14. The molecule has 2 amide bonds. The lowest BCUT2D eigenvalue weighted by molar-refractivity contribution is -0.133. The van der Waals surface area contributed by atoms with Crippen LogP contribution in [0.2, 0.25) is 0 Å². The zero-order chi connectivity index (χ0) is 20.8. The van der Waals surface area contributed by atoms with E-state index >= 15 is 0 Å². The first-order chi connectivity index (χ1) is 13.9. The van der Waals surface area contributed by atoms with Crippen LogP contribution in [-0.2, 0) is 9.59 Å². The minimum atomic E-state index is -0.732. The summed E-state index contributed by atoms with van der Waals surface area (Å²) in [5.74, 6) is -1.61. The van der Waals surface area contributed by atoms with Gasteiger partial charge in [-0.2, -0.15) is 0 Å². The molecule has 2 aromatic rings. The number of nitrogens with zero attached hydrogens (tertiary/aromatic N) is 1. The summed E-state index contributed by atoms with van der Waals surface area (Å²) in [5, 5.41) is 2.83. The Morgan fingerprint density at radius 1 is 1.14 bits per heavy atom. The van der Waals surface area contributed by atoms with Gasteiger partial charge in [0.25, 0.3) is 0 Å². The smallest absolute Gasteiger partial charge is 0.224 e. The zero-order valence-corrected chi connectivity index (χ0v) is 16.2. The van der Waals surface area contributed by atoms with Crippen LogP contribution < -0.4 is 10.1 Å². The standard InChI is InChI=1S/C22H24F2N2O3/c1-15(27)25-20(16-5-3-2-4-6-16)14-22(28)26-11-9-18(10-12-26)29-21-8-7-17(23)13-19(21)24/h2-8,13,18,20H,9-12,14H2,1H3,(H,25,27). The summed E-state index contributed by atoms with van der Waals surface area (Å²) in [5.41, 5.74) is 0.876. The highest BCUT2D eigenvalue weighted by Crippen LogP contribution is 2.24. The number of carbonyl (C=O) groups is 2. The first-order valence-corrected chi connectivity index (χ1v) is 9.64. The van der Waals surface area contributed by atoms with Crippen molar-refractivity contribution < 1.29 is 23.1 Å². The summed E-state index contributed by atoms with van der Waals surface area (Å²) in [6, 6.07) is 12.2. The zero-order valence-electron chi connectivity index (χ0n) is 16.2. The molecule has 0 radical (unpaired) electrons. The van der Waals surface area contributed by atoms with Gasteiger partial charge >= 0.3 is 0 Å². The number of nitrogens with one attached hydrogen (secondary N) is 1. The number of piperidine rings is 1. The molecule has 1 aliphatic heterocycles. The minimum Gasteiger partial charge on any atom is -0.487 e. The van der Waals surface area contributed by atoms with Crippen molar-refractivity contribution in [2.75, 3.05) is 13.1 Å². The fraction of sp³-hybridized carbons (Fsp3) is 0.364. The molecule has 1 saturated heterocycles. The molecule has 1 aliphatic rings. The van der Waals surface area contributed by atoms with Gasteiger partial charge < -0.3 is 15.0 Å². The van der Waals surface area contributed by atoms with Crippen LogP contribution in [0.15, 0.2) is 48.5 Å². The molecule has 0 saturated carbocycles. The van der Waals surface area contributed by atoms with Crippen molar-refractivity contribution in [1.29, 1.82) is 0 Å². The van der Waals surface area contributed by atoms with Gasteiger partial charge in [-0.3, -0.25) is 9.59 Å². The highest BCUT2D eigenvalue weighted by molar-refractivity contribution is 5.79. The molecule has 0 aromatic heterocycles. The molecular formula is C22H24F2N2O3. The maximum Gasteiger partial charge on any atom is 0.224 e. The molecule has 0 aliphatic carbocycles. The Balaban J connectivity index is 1.55. The molecular weight excluding hydrogens is 378 g/mol. The Bertz CT molecular complexity index is 852. The highest BCUT2D eigenvalue weighted by atomic mass is 19.1. The Morgan fingerprint density at radius 3 is 2.45 bits per heavy atom. The van der Waals surface area contributed by atoms with Crippen molar-refractivity contribution in [2.24, 2.45) is 0 Å². The third kappa shape index (κ3) is 5.76. The third-order valence-electron chi connectivity index (χ3n) is 4.94. The molecule has 0 spiro atoms. The van der Waals surface area contributed by atoms with Gasteiger partial charge in [0.2, 0.25) is 11.8 Å². The summed E-state index contributed by atoms with van der Waals surface area (Å²) in [7, 11) is 0. The van der Waals surface area contributed by atoms with Crippen LogP contribution in [0.1, 0.15) is 37.8 Å². The Morgan fingerprint density at radius 2 is 1.83 bits per heavy atom. The lowest BCUT2D eigenvalue weighted by Gasteiger charge is -2.33. The molecule has 2 aromatic carbocycles. The van der Waals surface area contributed by atoms with Gasteiger partial charge in [-0.1, -0.05) is 30.3 Å². The number of halogens is 2. The average Bonchev–Trinajstić information content (AvgIpc) is 2.70. The van der Waals surface area contributed by atoms with E-state index in [1.807, 2.05) is 30.3 Å². The summed E-state index contributed by atoms with van der Waals surface area (Å²) in [6.45, 7) is 2.39. The van der Waals surface area contributed by atoms with Crippen LogP contribution >= 0.6 is 0 Å². The summed E-state index contributed by atoms with van der Waals surface area (Å²) >= 11 is 0. The molecule has 3 rings (SSSR count). The quantitative estimate of drug-likeness (QED) is 0.803. The first-order valence-electron chi connectivity index (χ1n) is 9.64. The lowest BCUT2D eigenvalue weighted by atomic mass is 10.0. The van der Waals surface area contributed by atoms with Crippen molar-refractivity contribution in [3.8, 4) is 5.75 Å². The van der Waals surface area contributed by atoms with Crippen molar-refractivity contribution in [2.45, 2.75) is 38.3 Å². The molecule has 1 heterocycles. The first kappa shape index (κ1) is 20.8. The van der Waals surface area contributed by atoms with Crippen molar-refractivity contribution >= 4 is 11.8 Å². The molecule has 1 N–H and O–H groups in total. The highest BCUT2D eigenvalue weighted by Gasteiger charge is 2.27. The normalized spacial score (nSPS) is 15.6. The monoisotopic (exact) mass is 402 g/mol. The molecule has 1 unspecified atom stereocenters. The fourth-order valence-corrected chi connectivity index (χ4v) is 3.46. The molecule has 0 bridgehead atoms. The second-order valence-electron chi connectivity index (χ2n) is 7.14. The predicted octanol–water partition coefficient (Wildman–Crippen LogP) is 3.60. The number of carbonyl (C=O) groups excluding carboxylic acids is 2. The van der Waals surface area contributed by atoms with E-state index in [-0.39, 0.29) is 36.1 Å². The van der Waals surface area contributed by atoms with Crippen molar-refractivity contribution in [3.63, 3.8) is 0 Å². The SMILES string of the molecule is CC(=O)NC(CC(=O)N1CCC(Oc2ccc(F)cc2F)CC1)c1ccccc1. The number of benzene rings is 2. The third-order valence-corrected chi connectivity index (χ3v) is 4.94. The van der Waals surface area contributed by atoms with Crippen molar-refractivity contribution in [1.82, 2.24) is 10.2 Å². The molecule has 1 fully saturated rings. The minimum absolute atomic E-state index is 0.0194. The number of hydrogen-bond acceptors (Lipinski definition) is 3. The molecule has 5 nitrogen and oxygen atoms in total. The van der Waals surface area contributed by atoms with Crippen LogP contribution in [-0.4, -0.2) is 35.9 Å². The fourth-order valence-electron chi connectivity index (χ4n) is 3.46. The molecule has 1 atom stereocenters. The number of rotatable bonds is 6. The van der Waals surface area contributed by atoms with E-state index in [4.69, 9.17) is 4.74 Å². The Kier molecular flexibility index (Phi) is 6.80. The lowest BCUT2D eigenvalue weighted by Crippen LogP contribution is -2.43. The summed E-state index contributed by atoms with van der Waals surface area (Å²) in [4.78, 5) is 26.0. The van der Waals surface area contributed by atoms with Gasteiger partial charge in [-0.05, 0) is 17.7 Å². The van der Waals surface area contributed by atoms with Gasteiger partial charge in [0.1, 0.15) is 11.9 Å². The topological polar surface area (TPSA) is 58.6 Å². The van der Waals surface area contributed by atoms with Gasteiger partial charge in [0, 0.05) is 38.9 Å². The molecule has 7 heteroatoms. The molecule has 154 valence electrons.